The predicted molar refractivity (Wildman–Crippen MR) is 108 cm³/mol. The summed E-state index contributed by atoms with van der Waals surface area (Å²) < 4.78 is 41.2. The number of benzene rings is 1. The van der Waals surface area contributed by atoms with Crippen LogP contribution in [-0.4, -0.2) is 41.4 Å². The topological polar surface area (TPSA) is 173 Å². The Kier molecular flexibility index (Phi) is 8.19. The number of hydrogen-bond acceptors (Lipinski definition) is 6. The first-order valence-electron chi connectivity index (χ1n) is 8.91. The maximum absolute atomic E-state index is 12.4. The van der Waals surface area contributed by atoms with Crippen molar-refractivity contribution in [3.05, 3.63) is 46.4 Å². The van der Waals surface area contributed by atoms with Gasteiger partial charge in [0.2, 0.25) is 5.95 Å². The third kappa shape index (κ3) is 8.61. The monoisotopic (exact) mass is 442 g/mol. The minimum Gasteiger partial charge on any atom is -0.404 e. The number of nitrogens with zero attached hydrogens (tertiary/aromatic N) is 2. The molecule has 0 unspecified atom stereocenters. The molecule has 1 aromatic carbocycles. The van der Waals surface area contributed by atoms with E-state index in [1.807, 2.05) is 0 Å². The van der Waals surface area contributed by atoms with Gasteiger partial charge in [0.15, 0.2) is 11.7 Å². The first-order chi connectivity index (χ1) is 14.6. The van der Waals surface area contributed by atoms with Crippen molar-refractivity contribution < 1.29 is 22.7 Å². The SMILES string of the molecule is NC(N)=NCCCNCc1cnc(NC(=O)Nc2ccccc2OC(F)(F)F)[nH]c1=O. The normalized spacial score (nSPS) is 10.9. The zero-order chi connectivity index (χ0) is 22.9. The molecule has 31 heavy (non-hydrogen) atoms. The molecule has 0 aliphatic rings. The van der Waals surface area contributed by atoms with E-state index in [9.17, 15) is 22.8 Å². The molecule has 0 fully saturated rings. The number of aromatic amines is 1. The number of rotatable bonds is 9. The minimum absolute atomic E-state index is 0.00383. The number of alkyl halides is 3. The maximum Gasteiger partial charge on any atom is 0.573 e. The molecule has 0 atom stereocenters. The van der Waals surface area contributed by atoms with Crippen molar-refractivity contribution in [1.82, 2.24) is 15.3 Å². The third-order valence-corrected chi connectivity index (χ3v) is 3.59. The number of guanidine groups is 1. The van der Waals surface area contributed by atoms with Crippen LogP contribution in [0.4, 0.5) is 29.6 Å². The van der Waals surface area contributed by atoms with Crippen LogP contribution in [0.1, 0.15) is 12.0 Å². The highest BCUT2D eigenvalue weighted by molar-refractivity contribution is 5.99. The van der Waals surface area contributed by atoms with Gasteiger partial charge in [-0.3, -0.25) is 20.1 Å². The molecule has 11 nitrogen and oxygen atoms in total. The van der Waals surface area contributed by atoms with E-state index in [1.54, 1.807) is 0 Å². The van der Waals surface area contributed by atoms with Crippen LogP contribution in [0.2, 0.25) is 0 Å². The molecule has 0 aliphatic heterocycles. The standard InChI is InChI=1S/C17H21F3N8O3/c18-17(19,20)31-12-5-2-1-4-11(12)26-16(30)28-15-25-9-10(13(29)27-15)8-23-6-3-7-24-14(21)22/h1-2,4-5,9,23H,3,6-8H2,(H4,21,22,24)(H3,25,26,27,28,29,30). The highest BCUT2D eigenvalue weighted by Gasteiger charge is 2.32. The fourth-order valence-corrected chi connectivity index (χ4v) is 2.29. The lowest BCUT2D eigenvalue weighted by Gasteiger charge is -2.14. The van der Waals surface area contributed by atoms with Crippen LogP contribution < -0.4 is 37.7 Å². The first-order valence-corrected chi connectivity index (χ1v) is 8.91. The van der Waals surface area contributed by atoms with Crippen molar-refractivity contribution >= 4 is 23.6 Å². The Bertz CT molecular complexity index is 974. The predicted octanol–water partition coefficient (Wildman–Crippen LogP) is 1.07. The number of carbonyl (C=O) groups excluding carboxylic acids is 1. The summed E-state index contributed by atoms with van der Waals surface area (Å²) in [6, 6.07) is 4.07. The largest absolute Gasteiger partial charge is 0.573 e. The van der Waals surface area contributed by atoms with E-state index in [-0.39, 0.29) is 24.1 Å². The third-order valence-electron chi connectivity index (χ3n) is 3.59. The zero-order valence-corrected chi connectivity index (χ0v) is 16.1. The lowest BCUT2D eigenvalue weighted by Crippen LogP contribution is -2.27. The van der Waals surface area contributed by atoms with E-state index < -0.39 is 23.7 Å². The Morgan fingerprint density at radius 2 is 1.97 bits per heavy atom. The molecule has 0 saturated carbocycles. The van der Waals surface area contributed by atoms with Gasteiger partial charge in [-0.25, -0.2) is 9.78 Å². The number of aromatic nitrogens is 2. The van der Waals surface area contributed by atoms with Crippen LogP contribution in [0.5, 0.6) is 5.75 Å². The Balaban J connectivity index is 1.90. The van der Waals surface area contributed by atoms with Crippen molar-refractivity contribution in [2.75, 3.05) is 23.7 Å². The molecule has 2 rings (SSSR count). The quantitative estimate of drug-likeness (QED) is 0.191. The summed E-state index contributed by atoms with van der Waals surface area (Å²) >= 11 is 0. The lowest BCUT2D eigenvalue weighted by atomic mass is 10.3. The smallest absolute Gasteiger partial charge is 0.404 e. The number of amides is 2. The number of anilines is 2. The molecule has 168 valence electrons. The van der Waals surface area contributed by atoms with Crippen LogP contribution in [0.3, 0.4) is 0 Å². The summed E-state index contributed by atoms with van der Waals surface area (Å²) in [6.07, 6.45) is -3.00. The van der Waals surface area contributed by atoms with Gasteiger partial charge < -0.3 is 26.8 Å². The van der Waals surface area contributed by atoms with Gasteiger partial charge in [0.25, 0.3) is 5.56 Å². The van der Waals surface area contributed by atoms with Gasteiger partial charge in [0.05, 0.1) is 5.69 Å². The van der Waals surface area contributed by atoms with Gasteiger partial charge in [-0.05, 0) is 25.1 Å². The van der Waals surface area contributed by atoms with Crippen molar-refractivity contribution in [3.63, 3.8) is 0 Å². The number of aliphatic imine (C=N–C) groups is 1. The Hall–Kier alpha value is -3.81. The van der Waals surface area contributed by atoms with Gasteiger partial charge >= 0.3 is 12.4 Å². The van der Waals surface area contributed by atoms with Gasteiger partial charge in [-0.1, -0.05) is 12.1 Å². The van der Waals surface area contributed by atoms with Crippen LogP contribution in [0.15, 0.2) is 40.2 Å². The summed E-state index contributed by atoms with van der Waals surface area (Å²) in [5, 5.41) is 7.45. The molecule has 0 spiro atoms. The number of halogens is 3. The summed E-state index contributed by atoms with van der Waals surface area (Å²) in [5.41, 5.74) is 10.0. The van der Waals surface area contributed by atoms with E-state index in [0.29, 0.717) is 25.1 Å². The Labute approximate surface area is 174 Å². The molecule has 1 aromatic heterocycles. The van der Waals surface area contributed by atoms with Gasteiger partial charge in [0, 0.05) is 24.8 Å². The fourth-order valence-electron chi connectivity index (χ4n) is 2.29. The maximum atomic E-state index is 12.4. The average Bonchev–Trinajstić information content (AvgIpc) is 2.66. The van der Waals surface area contributed by atoms with Crippen LogP contribution >= 0.6 is 0 Å². The van der Waals surface area contributed by atoms with Crippen LogP contribution in [-0.2, 0) is 6.54 Å². The van der Waals surface area contributed by atoms with Gasteiger partial charge in [-0.2, -0.15) is 0 Å². The molecular weight excluding hydrogens is 421 g/mol. The fraction of sp³-hybridized carbons (Fsp3) is 0.294. The second-order valence-electron chi connectivity index (χ2n) is 6.05. The number of H-pyrrole nitrogens is 1. The number of para-hydroxylation sites is 2. The van der Waals surface area contributed by atoms with E-state index in [0.717, 1.165) is 6.07 Å². The van der Waals surface area contributed by atoms with E-state index in [1.165, 1.54) is 24.4 Å². The molecule has 2 aromatic rings. The Morgan fingerprint density at radius 3 is 2.65 bits per heavy atom. The summed E-state index contributed by atoms with van der Waals surface area (Å²) in [5.74, 6) is -0.773. The molecular formula is C17H21F3N8O3. The molecule has 14 heteroatoms. The number of urea groups is 1. The number of nitrogens with one attached hydrogen (secondary N) is 4. The van der Waals surface area contributed by atoms with Crippen molar-refractivity contribution in [2.45, 2.75) is 19.3 Å². The zero-order valence-electron chi connectivity index (χ0n) is 16.1. The summed E-state index contributed by atoms with van der Waals surface area (Å²) in [6.45, 7) is 1.22. The summed E-state index contributed by atoms with van der Waals surface area (Å²) in [7, 11) is 0. The van der Waals surface area contributed by atoms with Crippen molar-refractivity contribution in [2.24, 2.45) is 16.5 Å². The van der Waals surface area contributed by atoms with E-state index in [2.05, 4.69) is 35.6 Å². The second-order valence-corrected chi connectivity index (χ2v) is 6.05. The molecule has 1 heterocycles. The second kappa shape index (κ2) is 10.8. The molecule has 2 amide bonds. The van der Waals surface area contributed by atoms with E-state index >= 15 is 0 Å². The molecule has 8 N–H and O–H groups in total. The molecule has 0 saturated heterocycles. The van der Waals surface area contributed by atoms with Crippen molar-refractivity contribution in [1.29, 1.82) is 0 Å². The molecule has 0 bridgehead atoms. The highest BCUT2D eigenvalue weighted by Crippen LogP contribution is 2.29. The summed E-state index contributed by atoms with van der Waals surface area (Å²) in [4.78, 5) is 34.2. The number of nitrogens with two attached hydrogens (primary N) is 2. The van der Waals surface area contributed by atoms with Gasteiger partial charge in [-0.15, -0.1) is 13.2 Å². The van der Waals surface area contributed by atoms with Crippen molar-refractivity contribution in [3.8, 4) is 5.75 Å². The van der Waals surface area contributed by atoms with Gasteiger partial charge in [0.1, 0.15) is 0 Å². The van der Waals surface area contributed by atoms with E-state index in [4.69, 9.17) is 11.5 Å². The number of ether oxygens (including phenoxy) is 1. The number of carbonyl (C=O) groups is 1. The Morgan fingerprint density at radius 1 is 1.23 bits per heavy atom. The van der Waals surface area contributed by atoms with Crippen LogP contribution in [0.25, 0.3) is 0 Å². The lowest BCUT2D eigenvalue weighted by molar-refractivity contribution is -0.274. The van der Waals surface area contributed by atoms with Crippen LogP contribution in [0, 0.1) is 0 Å². The first kappa shape index (κ1) is 23.5. The minimum atomic E-state index is -4.92. The molecule has 0 radical (unpaired) electrons. The number of hydrogen-bond donors (Lipinski definition) is 6. The highest BCUT2D eigenvalue weighted by atomic mass is 19.4. The average molecular weight is 442 g/mol. The molecule has 0 aliphatic carbocycles.